The van der Waals surface area contributed by atoms with E-state index in [0.717, 1.165) is 24.6 Å². The molecular weight excluding hydrogens is 374 g/mol. The van der Waals surface area contributed by atoms with Crippen molar-refractivity contribution in [1.29, 1.82) is 0 Å². The minimum atomic E-state index is -3.17. The Bertz CT molecular complexity index is 940. The topological polar surface area (TPSA) is 71.0 Å². The van der Waals surface area contributed by atoms with Crippen molar-refractivity contribution < 1.29 is 13.2 Å². The van der Waals surface area contributed by atoms with Gasteiger partial charge < -0.3 is 15.0 Å². The van der Waals surface area contributed by atoms with Gasteiger partial charge in [0, 0.05) is 26.4 Å². The standard InChI is InChI=1S/C21H27N3O3S/c1-16-6-4-5-7-19(16)20-15-24(12-13-27-20)21(22-2)23-14-17-8-10-18(11-9-17)28(3,25)26/h4-11,20H,12-15H2,1-3H3,(H,22,23). The second-order valence-corrected chi connectivity index (χ2v) is 8.99. The monoisotopic (exact) mass is 401 g/mol. The van der Waals surface area contributed by atoms with Crippen molar-refractivity contribution in [2.75, 3.05) is 33.0 Å². The molecule has 0 saturated carbocycles. The Labute approximate surface area is 167 Å². The Morgan fingerprint density at radius 3 is 2.57 bits per heavy atom. The number of hydrogen-bond donors (Lipinski definition) is 1. The summed E-state index contributed by atoms with van der Waals surface area (Å²) in [5.74, 6) is 0.814. The second kappa shape index (κ2) is 8.75. The summed E-state index contributed by atoms with van der Waals surface area (Å²) in [7, 11) is -1.40. The summed E-state index contributed by atoms with van der Waals surface area (Å²) in [6.07, 6.45) is 1.23. The van der Waals surface area contributed by atoms with Gasteiger partial charge in [0.05, 0.1) is 18.0 Å². The molecule has 1 fully saturated rings. The van der Waals surface area contributed by atoms with Crippen LogP contribution in [0.15, 0.2) is 58.4 Å². The van der Waals surface area contributed by atoms with Crippen LogP contribution in [0.5, 0.6) is 0 Å². The van der Waals surface area contributed by atoms with Gasteiger partial charge in [-0.2, -0.15) is 0 Å². The largest absolute Gasteiger partial charge is 0.370 e. The third-order valence-corrected chi connectivity index (χ3v) is 6.04. The van der Waals surface area contributed by atoms with Crippen molar-refractivity contribution in [3.05, 3.63) is 65.2 Å². The van der Waals surface area contributed by atoms with Crippen LogP contribution in [0.1, 0.15) is 22.8 Å². The normalized spacial score (nSPS) is 18.2. The molecule has 6 nitrogen and oxygen atoms in total. The van der Waals surface area contributed by atoms with E-state index in [1.54, 1.807) is 19.2 Å². The number of nitrogens with zero attached hydrogens (tertiary/aromatic N) is 2. The molecule has 1 saturated heterocycles. The molecule has 2 aromatic carbocycles. The molecule has 28 heavy (non-hydrogen) atoms. The van der Waals surface area contributed by atoms with Crippen LogP contribution in [0.25, 0.3) is 0 Å². The zero-order valence-corrected chi connectivity index (χ0v) is 17.4. The maximum atomic E-state index is 11.6. The lowest BCUT2D eigenvalue weighted by molar-refractivity contribution is -0.00833. The molecule has 0 spiro atoms. The molecule has 2 aromatic rings. The highest BCUT2D eigenvalue weighted by Gasteiger charge is 2.25. The molecule has 0 radical (unpaired) electrons. The molecule has 3 rings (SSSR count). The molecule has 1 unspecified atom stereocenters. The Hall–Kier alpha value is -2.38. The summed E-state index contributed by atoms with van der Waals surface area (Å²) in [5.41, 5.74) is 3.43. The number of sulfone groups is 1. The fraction of sp³-hybridized carbons (Fsp3) is 0.381. The van der Waals surface area contributed by atoms with Gasteiger partial charge in [-0.15, -0.1) is 0 Å². The highest BCUT2D eigenvalue weighted by atomic mass is 32.2. The predicted molar refractivity (Wildman–Crippen MR) is 111 cm³/mol. The molecule has 1 atom stereocenters. The highest BCUT2D eigenvalue weighted by Crippen LogP contribution is 2.25. The molecule has 1 aliphatic rings. The lowest BCUT2D eigenvalue weighted by atomic mass is 10.0. The zero-order chi connectivity index (χ0) is 20.1. The first-order valence-corrected chi connectivity index (χ1v) is 11.2. The first-order valence-electron chi connectivity index (χ1n) is 9.30. The van der Waals surface area contributed by atoms with Crippen LogP contribution < -0.4 is 5.32 Å². The van der Waals surface area contributed by atoms with E-state index in [4.69, 9.17) is 4.74 Å². The number of rotatable bonds is 4. The maximum absolute atomic E-state index is 11.6. The zero-order valence-electron chi connectivity index (χ0n) is 16.6. The number of aryl methyl sites for hydroxylation is 1. The molecule has 7 heteroatoms. The Balaban J connectivity index is 1.64. The third kappa shape index (κ3) is 4.91. The van der Waals surface area contributed by atoms with E-state index >= 15 is 0 Å². The van der Waals surface area contributed by atoms with Gasteiger partial charge in [-0.3, -0.25) is 4.99 Å². The Morgan fingerprint density at radius 1 is 1.21 bits per heavy atom. The lowest BCUT2D eigenvalue weighted by Crippen LogP contribution is -2.48. The second-order valence-electron chi connectivity index (χ2n) is 6.98. The lowest BCUT2D eigenvalue weighted by Gasteiger charge is -2.35. The van der Waals surface area contributed by atoms with Gasteiger partial charge in [0.25, 0.3) is 0 Å². The van der Waals surface area contributed by atoms with Crippen molar-refractivity contribution in [1.82, 2.24) is 10.2 Å². The highest BCUT2D eigenvalue weighted by molar-refractivity contribution is 7.90. The van der Waals surface area contributed by atoms with Crippen molar-refractivity contribution in [3.8, 4) is 0 Å². The van der Waals surface area contributed by atoms with Gasteiger partial charge in [-0.25, -0.2) is 8.42 Å². The van der Waals surface area contributed by atoms with Gasteiger partial charge in [-0.1, -0.05) is 36.4 Å². The van der Waals surface area contributed by atoms with Crippen LogP contribution in [0, 0.1) is 6.92 Å². The summed E-state index contributed by atoms with van der Waals surface area (Å²) in [4.78, 5) is 6.94. The van der Waals surface area contributed by atoms with Crippen LogP contribution in [0.3, 0.4) is 0 Å². The molecule has 0 aliphatic carbocycles. The van der Waals surface area contributed by atoms with Crippen LogP contribution >= 0.6 is 0 Å². The third-order valence-electron chi connectivity index (χ3n) is 4.92. The predicted octanol–water partition coefficient (Wildman–Crippen LogP) is 2.55. The fourth-order valence-electron chi connectivity index (χ4n) is 3.35. The van der Waals surface area contributed by atoms with E-state index < -0.39 is 9.84 Å². The van der Waals surface area contributed by atoms with Gasteiger partial charge in [-0.05, 0) is 35.7 Å². The summed E-state index contributed by atoms with van der Waals surface area (Å²) < 4.78 is 29.2. The van der Waals surface area contributed by atoms with E-state index in [1.807, 2.05) is 24.3 Å². The first kappa shape index (κ1) is 20.4. The molecule has 0 bridgehead atoms. The first-order chi connectivity index (χ1) is 13.4. The summed E-state index contributed by atoms with van der Waals surface area (Å²) in [6, 6.07) is 15.2. The number of benzene rings is 2. The van der Waals surface area contributed by atoms with Crippen LogP contribution in [-0.4, -0.2) is 52.3 Å². The summed E-state index contributed by atoms with van der Waals surface area (Å²) in [5, 5.41) is 3.37. The number of nitrogens with one attached hydrogen (secondary N) is 1. The Kier molecular flexibility index (Phi) is 6.36. The van der Waals surface area contributed by atoms with E-state index in [9.17, 15) is 8.42 Å². The maximum Gasteiger partial charge on any atom is 0.194 e. The number of ether oxygens (including phenoxy) is 1. The SMILES string of the molecule is CN=C(NCc1ccc(S(C)(=O)=O)cc1)N1CCOC(c2ccccc2C)C1. The minimum absolute atomic E-state index is 0.0162. The van der Waals surface area contributed by atoms with Gasteiger partial charge in [0.2, 0.25) is 0 Å². The number of hydrogen-bond acceptors (Lipinski definition) is 4. The Morgan fingerprint density at radius 2 is 1.93 bits per heavy atom. The molecule has 1 aliphatic heterocycles. The molecule has 150 valence electrons. The van der Waals surface area contributed by atoms with Gasteiger partial charge in [0.1, 0.15) is 6.10 Å². The summed E-state index contributed by atoms with van der Waals surface area (Å²) in [6.45, 7) is 4.82. The van der Waals surface area contributed by atoms with E-state index in [1.165, 1.54) is 17.4 Å². The van der Waals surface area contributed by atoms with Crippen molar-refractivity contribution in [3.63, 3.8) is 0 Å². The van der Waals surface area contributed by atoms with E-state index in [-0.39, 0.29) is 6.10 Å². The van der Waals surface area contributed by atoms with Crippen molar-refractivity contribution >= 4 is 15.8 Å². The van der Waals surface area contributed by atoms with Crippen molar-refractivity contribution in [2.24, 2.45) is 4.99 Å². The number of guanidine groups is 1. The molecule has 0 amide bonds. The van der Waals surface area contributed by atoms with E-state index in [2.05, 4.69) is 34.3 Å². The summed E-state index contributed by atoms with van der Waals surface area (Å²) >= 11 is 0. The smallest absolute Gasteiger partial charge is 0.194 e. The van der Waals surface area contributed by atoms with Crippen LogP contribution in [0.4, 0.5) is 0 Å². The van der Waals surface area contributed by atoms with Crippen LogP contribution in [0.2, 0.25) is 0 Å². The molecule has 1 N–H and O–H groups in total. The van der Waals surface area contributed by atoms with Crippen LogP contribution in [-0.2, 0) is 21.1 Å². The average Bonchev–Trinajstić information content (AvgIpc) is 2.69. The quantitative estimate of drug-likeness (QED) is 0.630. The number of morpholine rings is 1. The average molecular weight is 402 g/mol. The fourth-order valence-corrected chi connectivity index (χ4v) is 3.98. The van der Waals surface area contributed by atoms with Crippen molar-refractivity contribution in [2.45, 2.75) is 24.5 Å². The molecular formula is C21H27N3O3S. The molecule has 1 heterocycles. The number of aliphatic imine (C=N–C) groups is 1. The van der Waals surface area contributed by atoms with E-state index in [0.29, 0.717) is 18.0 Å². The van der Waals surface area contributed by atoms with Gasteiger partial charge >= 0.3 is 0 Å². The van der Waals surface area contributed by atoms with Gasteiger partial charge in [0.15, 0.2) is 15.8 Å². The minimum Gasteiger partial charge on any atom is -0.370 e. The molecule has 0 aromatic heterocycles.